The van der Waals surface area contributed by atoms with E-state index in [1.165, 1.54) is 23.9 Å². The van der Waals surface area contributed by atoms with Gasteiger partial charge in [-0.3, -0.25) is 5.32 Å². The zero-order valence-corrected chi connectivity index (χ0v) is 10.1. The Labute approximate surface area is 103 Å². The first kappa shape index (κ1) is 13.0. The van der Waals surface area contributed by atoms with Gasteiger partial charge in [-0.2, -0.15) is 10.5 Å². The molecule has 0 unspecified atom stereocenters. The Morgan fingerprint density at radius 2 is 2.18 bits per heavy atom. The molecule has 0 heterocycles. The van der Waals surface area contributed by atoms with Crippen LogP contribution in [0.15, 0.2) is 17.1 Å². The zero-order valence-electron chi connectivity index (χ0n) is 9.28. The van der Waals surface area contributed by atoms with Gasteiger partial charge < -0.3 is 0 Å². The number of thioether (sulfide) groups is 1. The van der Waals surface area contributed by atoms with E-state index in [-0.39, 0.29) is 11.3 Å². The zero-order chi connectivity index (χ0) is 12.8. The highest BCUT2D eigenvalue weighted by Crippen LogP contribution is 2.23. The fraction of sp³-hybridized carbons (Fsp3) is 0.182. The van der Waals surface area contributed by atoms with E-state index < -0.39 is 5.82 Å². The summed E-state index contributed by atoms with van der Waals surface area (Å²) in [6, 6.07) is 4.55. The average molecular weight is 248 g/mol. The summed E-state index contributed by atoms with van der Waals surface area (Å²) in [7, 11) is 0. The van der Waals surface area contributed by atoms with E-state index in [9.17, 15) is 4.39 Å². The molecule has 0 atom stereocenters. The Bertz CT molecular complexity index is 540. The normalized spacial score (nSPS) is 10.5. The maximum Gasteiger partial charge on any atom is 0.183 e. The third kappa shape index (κ3) is 3.20. The van der Waals surface area contributed by atoms with E-state index in [1.54, 1.807) is 19.4 Å². The van der Waals surface area contributed by atoms with Gasteiger partial charge in [0.05, 0.1) is 11.3 Å². The van der Waals surface area contributed by atoms with Gasteiger partial charge in [-0.1, -0.05) is 11.8 Å². The van der Waals surface area contributed by atoms with Crippen molar-refractivity contribution in [2.45, 2.75) is 6.92 Å². The fourth-order valence-electron chi connectivity index (χ4n) is 1.13. The van der Waals surface area contributed by atoms with Crippen LogP contribution in [-0.2, 0) is 0 Å². The molecule has 0 bridgehead atoms. The van der Waals surface area contributed by atoms with Crippen molar-refractivity contribution in [2.24, 2.45) is 4.99 Å². The lowest BCUT2D eigenvalue weighted by molar-refractivity contribution is 0.618. The standard InChI is InChI=1S/C11H9FN4S/c1-7-3-8(5-13)10(4-9(7)12)16-11(17-2)15-6-14/h3-4H,1-2H3,(H,15,16). The minimum Gasteiger partial charge on any atom is -0.271 e. The molecule has 0 aromatic heterocycles. The monoisotopic (exact) mass is 248 g/mol. The van der Waals surface area contributed by atoms with Gasteiger partial charge in [0.25, 0.3) is 0 Å². The summed E-state index contributed by atoms with van der Waals surface area (Å²) in [4.78, 5) is 4.02. The minimum absolute atomic E-state index is 0.211. The molecule has 1 aromatic carbocycles. The Hall–Kier alpha value is -2.05. The summed E-state index contributed by atoms with van der Waals surface area (Å²) < 4.78 is 13.4. The number of nitriles is 2. The second-order valence-electron chi connectivity index (χ2n) is 3.09. The van der Waals surface area contributed by atoms with Crippen LogP contribution in [0.4, 0.5) is 10.1 Å². The van der Waals surface area contributed by atoms with Crippen LogP contribution in [0.1, 0.15) is 11.1 Å². The van der Waals surface area contributed by atoms with Gasteiger partial charge in [-0.15, -0.1) is 0 Å². The van der Waals surface area contributed by atoms with Gasteiger partial charge in [0, 0.05) is 6.07 Å². The Morgan fingerprint density at radius 3 is 2.71 bits per heavy atom. The summed E-state index contributed by atoms with van der Waals surface area (Å²) in [6.45, 7) is 1.58. The summed E-state index contributed by atoms with van der Waals surface area (Å²) in [5.41, 5.74) is 0.873. The quantitative estimate of drug-likeness (QED) is 0.358. The van der Waals surface area contributed by atoms with E-state index in [4.69, 9.17) is 10.5 Å². The van der Waals surface area contributed by atoms with Crippen LogP contribution in [0.5, 0.6) is 0 Å². The summed E-state index contributed by atoms with van der Waals surface area (Å²) >= 11 is 1.20. The maximum atomic E-state index is 13.4. The van der Waals surface area contributed by atoms with Crippen LogP contribution in [0.3, 0.4) is 0 Å². The van der Waals surface area contributed by atoms with Gasteiger partial charge >= 0.3 is 0 Å². The highest BCUT2D eigenvalue weighted by Gasteiger charge is 2.07. The van der Waals surface area contributed by atoms with E-state index in [0.29, 0.717) is 10.7 Å². The first-order valence-electron chi connectivity index (χ1n) is 4.60. The molecule has 1 N–H and O–H groups in total. The van der Waals surface area contributed by atoms with E-state index in [0.717, 1.165) is 0 Å². The Kier molecular flexibility index (Phi) is 4.50. The molecule has 6 heteroatoms. The first-order valence-corrected chi connectivity index (χ1v) is 5.83. The van der Waals surface area contributed by atoms with E-state index in [1.807, 2.05) is 6.07 Å². The molecule has 86 valence electrons. The molecule has 0 amide bonds. The minimum atomic E-state index is -0.430. The lowest BCUT2D eigenvalue weighted by Gasteiger charge is -2.03. The lowest BCUT2D eigenvalue weighted by Crippen LogP contribution is -2.12. The van der Waals surface area contributed by atoms with Gasteiger partial charge in [0.2, 0.25) is 0 Å². The van der Waals surface area contributed by atoms with Crippen molar-refractivity contribution in [3.8, 4) is 12.3 Å². The average Bonchev–Trinajstić information content (AvgIpc) is 2.32. The molecule has 0 spiro atoms. The fourth-order valence-corrected chi connectivity index (χ4v) is 1.47. The second kappa shape index (κ2) is 5.88. The first-order chi connectivity index (χ1) is 8.12. The van der Waals surface area contributed by atoms with Crippen molar-refractivity contribution in [3.63, 3.8) is 0 Å². The number of nitrogens with one attached hydrogen (secondary N) is 1. The van der Waals surface area contributed by atoms with Crippen molar-refractivity contribution in [2.75, 3.05) is 6.26 Å². The lowest BCUT2D eigenvalue weighted by atomic mass is 10.1. The van der Waals surface area contributed by atoms with Crippen molar-refractivity contribution in [1.29, 1.82) is 10.5 Å². The molecule has 4 nitrogen and oxygen atoms in total. The second-order valence-corrected chi connectivity index (χ2v) is 3.88. The predicted octanol–water partition coefficient (Wildman–Crippen LogP) is 2.43. The number of hydrogen-bond donors (Lipinski definition) is 1. The molecule has 1 rings (SSSR count). The van der Waals surface area contributed by atoms with Crippen LogP contribution in [0.2, 0.25) is 0 Å². The maximum absolute atomic E-state index is 13.4. The Morgan fingerprint density at radius 1 is 1.47 bits per heavy atom. The SMILES string of the molecule is CSC(=Nc1cc(F)c(C)cc1C#N)NC#N. The van der Waals surface area contributed by atoms with Crippen molar-refractivity contribution in [3.05, 3.63) is 29.1 Å². The summed E-state index contributed by atoms with van der Waals surface area (Å²) in [5.74, 6) is -0.430. The van der Waals surface area contributed by atoms with E-state index in [2.05, 4.69) is 10.3 Å². The van der Waals surface area contributed by atoms with Crippen LogP contribution >= 0.6 is 11.8 Å². The molecule has 0 radical (unpaired) electrons. The number of benzene rings is 1. The highest BCUT2D eigenvalue weighted by molar-refractivity contribution is 8.13. The predicted molar refractivity (Wildman–Crippen MR) is 65.2 cm³/mol. The van der Waals surface area contributed by atoms with Crippen molar-refractivity contribution >= 4 is 22.6 Å². The highest BCUT2D eigenvalue weighted by atomic mass is 32.2. The van der Waals surface area contributed by atoms with Crippen LogP contribution < -0.4 is 5.32 Å². The third-order valence-corrected chi connectivity index (χ3v) is 2.56. The van der Waals surface area contributed by atoms with Gasteiger partial charge in [0.1, 0.15) is 11.9 Å². The van der Waals surface area contributed by atoms with Crippen LogP contribution in [0, 0.1) is 35.5 Å². The molecular weight excluding hydrogens is 239 g/mol. The van der Waals surface area contributed by atoms with Crippen LogP contribution in [0.25, 0.3) is 0 Å². The molecule has 0 aliphatic heterocycles. The molecule has 0 saturated heterocycles. The third-order valence-electron chi connectivity index (χ3n) is 1.98. The van der Waals surface area contributed by atoms with Crippen molar-refractivity contribution in [1.82, 2.24) is 5.32 Å². The Balaban J connectivity index is 3.27. The van der Waals surface area contributed by atoms with Crippen molar-refractivity contribution < 1.29 is 4.39 Å². The smallest absolute Gasteiger partial charge is 0.183 e. The number of aryl methyl sites for hydroxylation is 1. The molecule has 1 aromatic rings. The topological polar surface area (TPSA) is 72.0 Å². The molecule has 0 saturated carbocycles. The molecule has 0 fully saturated rings. The number of nitrogens with zero attached hydrogens (tertiary/aromatic N) is 3. The number of hydrogen-bond acceptors (Lipinski definition) is 4. The van der Waals surface area contributed by atoms with Gasteiger partial charge in [-0.05, 0) is 24.8 Å². The molecule has 17 heavy (non-hydrogen) atoms. The number of halogens is 1. The van der Waals surface area contributed by atoms with Gasteiger partial charge in [-0.25, -0.2) is 9.38 Å². The molecule has 0 aliphatic carbocycles. The molecular formula is C11H9FN4S. The number of rotatable bonds is 1. The number of aliphatic imine (C=N–C) groups is 1. The van der Waals surface area contributed by atoms with Gasteiger partial charge in [0.15, 0.2) is 11.4 Å². The number of amidine groups is 1. The summed E-state index contributed by atoms with van der Waals surface area (Å²) in [5, 5.41) is 20.1. The molecule has 0 aliphatic rings. The summed E-state index contributed by atoms with van der Waals surface area (Å²) in [6.07, 6.45) is 3.45. The van der Waals surface area contributed by atoms with E-state index >= 15 is 0 Å². The largest absolute Gasteiger partial charge is 0.271 e. The van der Waals surface area contributed by atoms with Crippen LogP contribution in [-0.4, -0.2) is 11.4 Å².